The van der Waals surface area contributed by atoms with Gasteiger partial charge in [0, 0.05) is 17.7 Å². The molecule has 0 aliphatic rings. The predicted octanol–water partition coefficient (Wildman–Crippen LogP) is 2.69. The molecule has 1 aromatic heterocycles. The van der Waals surface area contributed by atoms with Crippen LogP contribution in [0.4, 0.5) is 5.69 Å². The van der Waals surface area contributed by atoms with E-state index in [-0.39, 0.29) is 17.4 Å². The lowest BCUT2D eigenvalue weighted by Gasteiger charge is -2.05. The number of Topliss-reactive ketones (excluding diaryl/α,β-unsaturated/α-hetero) is 1. The normalized spacial score (nSPS) is 10.5. The molecule has 22 heavy (non-hydrogen) atoms. The Morgan fingerprint density at radius 1 is 1.36 bits per heavy atom. The third-order valence-electron chi connectivity index (χ3n) is 2.88. The first-order valence-electron chi connectivity index (χ1n) is 7.03. The second-order valence-electron chi connectivity index (χ2n) is 4.79. The van der Waals surface area contributed by atoms with E-state index in [9.17, 15) is 9.59 Å². The molecule has 1 amide bonds. The van der Waals surface area contributed by atoms with E-state index < -0.39 is 0 Å². The van der Waals surface area contributed by atoms with Crippen LogP contribution in [0.1, 0.15) is 36.5 Å². The van der Waals surface area contributed by atoms with Crippen LogP contribution in [-0.4, -0.2) is 32.6 Å². The summed E-state index contributed by atoms with van der Waals surface area (Å²) in [6.07, 6.45) is 1.84. The molecular weight excluding hydrogens is 300 g/mol. The number of ketones is 1. The number of anilines is 1. The maximum atomic E-state index is 11.9. The molecule has 0 aliphatic heterocycles. The van der Waals surface area contributed by atoms with Crippen LogP contribution in [0.5, 0.6) is 0 Å². The zero-order valence-corrected chi connectivity index (χ0v) is 13.4. The lowest BCUT2D eigenvalue weighted by atomic mass is 10.1. The third-order valence-corrected chi connectivity index (χ3v) is 3.73. The molecule has 2 rings (SSSR count). The zero-order chi connectivity index (χ0) is 15.9. The maximum Gasteiger partial charge on any atom is 0.234 e. The van der Waals surface area contributed by atoms with Gasteiger partial charge >= 0.3 is 0 Å². The number of amides is 1. The van der Waals surface area contributed by atoms with E-state index in [1.165, 1.54) is 18.7 Å². The number of aryl methyl sites for hydroxylation is 1. The Hall–Kier alpha value is -2.15. The van der Waals surface area contributed by atoms with Gasteiger partial charge in [0.25, 0.3) is 0 Å². The molecule has 1 heterocycles. The number of aromatic amines is 1. The van der Waals surface area contributed by atoms with Crippen LogP contribution < -0.4 is 5.32 Å². The number of aromatic nitrogens is 3. The van der Waals surface area contributed by atoms with Gasteiger partial charge < -0.3 is 5.32 Å². The fourth-order valence-electron chi connectivity index (χ4n) is 1.83. The number of H-pyrrole nitrogens is 1. The number of carbonyl (C=O) groups excluding carboxylic acids is 2. The lowest BCUT2D eigenvalue weighted by Crippen LogP contribution is -2.14. The summed E-state index contributed by atoms with van der Waals surface area (Å²) in [6, 6.07) is 6.87. The molecule has 0 atom stereocenters. The van der Waals surface area contributed by atoms with Crippen molar-refractivity contribution in [3.05, 3.63) is 35.7 Å². The molecular formula is C15H18N4O2S. The number of nitrogens with one attached hydrogen (secondary N) is 2. The maximum absolute atomic E-state index is 11.9. The fourth-order valence-corrected chi connectivity index (χ4v) is 2.45. The van der Waals surface area contributed by atoms with Crippen LogP contribution in [0.15, 0.2) is 29.4 Å². The Labute approximate surface area is 133 Å². The molecule has 0 fully saturated rings. The van der Waals surface area contributed by atoms with Crippen LogP contribution in [0, 0.1) is 0 Å². The summed E-state index contributed by atoms with van der Waals surface area (Å²) in [5.41, 5.74) is 1.18. The molecule has 0 radical (unpaired) electrons. The van der Waals surface area contributed by atoms with Crippen LogP contribution in [-0.2, 0) is 11.2 Å². The minimum atomic E-state index is -0.160. The largest absolute Gasteiger partial charge is 0.325 e. The molecule has 0 bridgehead atoms. The molecule has 0 unspecified atom stereocenters. The standard InChI is InChI=1S/C15H18N4O2S/c1-3-5-13-17-15(19-18-13)22-9-14(21)16-12-7-4-6-11(8-12)10(2)20/h4,6-8H,3,5,9H2,1-2H3,(H,16,21)(H,17,18,19). The van der Waals surface area contributed by atoms with Gasteiger partial charge in [-0.1, -0.05) is 30.8 Å². The number of hydrogen-bond donors (Lipinski definition) is 2. The first kappa shape index (κ1) is 16.2. The highest BCUT2D eigenvalue weighted by Crippen LogP contribution is 2.15. The van der Waals surface area contributed by atoms with Gasteiger partial charge in [-0.05, 0) is 25.5 Å². The average molecular weight is 318 g/mol. The van der Waals surface area contributed by atoms with Gasteiger partial charge in [-0.2, -0.15) is 0 Å². The van der Waals surface area contributed by atoms with Crippen molar-refractivity contribution in [1.29, 1.82) is 0 Å². The zero-order valence-electron chi connectivity index (χ0n) is 12.5. The van der Waals surface area contributed by atoms with Gasteiger partial charge in [-0.15, -0.1) is 5.10 Å². The molecule has 1 aromatic carbocycles. The van der Waals surface area contributed by atoms with Crippen molar-refractivity contribution in [3.8, 4) is 0 Å². The smallest absolute Gasteiger partial charge is 0.234 e. The van der Waals surface area contributed by atoms with Crippen molar-refractivity contribution in [1.82, 2.24) is 15.2 Å². The summed E-state index contributed by atoms with van der Waals surface area (Å²) >= 11 is 1.27. The molecule has 6 nitrogen and oxygen atoms in total. The van der Waals surface area contributed by atoms with Crippen molar-refractivity contribution in [2.45, 2.75) is 31.8 Å². The van der Waals surface area contributed by atoms with Gasteiger partial charge in [0.05, 0.1) is 5.75 Å². The van der Waals surface area contributed by atoms with Crippen molar-refractivity contribution in [2.75, 3.05) is 11.1 Å². The van der Waals surface area contributed by atoms with Crippen molar-refractivity contribution in [3.63, 3.8) is 0 Å². The number of benzene rings is 1. The van der Waals surface area contributed by atoms with Gasteiger partial charge in [0.1, 0.15) is 5.82 Å². The second kappa shape index (κ2) is 7.74. The Morgan fingerprint density at radius 2 is 2.18 bits per heavy atom. The Kier molecular flexibility index (Phi) is 5.71. The minimum absolute atomic E-state index is 0.0327. The molecule has 0 saturated heterocycles. The van der Waals surface area contributed by atoms with E-state index in [2.05, 4.69) is 27.4 Å². The van der Waals surface area contributed by atoms with Crippen LogP contribution in [0.3, 0.4) is 0 Å². The quantitative estimate of drug-likeness (QED) is 0.605. The molecule has 7 heteroatoms. The highest BCUT2D eigenvalue weighted by molar-refractivity contribution is 7.99. The molecule has 0 spiro atoms. The van der Waals surface area contributed by atoms with E-state index >= 15 is 0 Å². The van der Waals surface area contributed by atoms with E-state index in [4.69, 9.17) is 0 Å². The van der Waals surface area contributed by atoms with E-state index in [1.54, 1.807) is 24.3 Å². The summed E-state index contributed by atoms with van der Waals surface area (Å²) < 4.78 is 0. The number of nitrogens with zero attached hydrogens (tertiary/aromatic N) is 2. The topological polar surface area (TPSA) is 87.7 Å². The van der Waals surface area contributed by atoms with E-state index in [0.717, 1.165) is 18.7 Å². The van der Waals surface area contributed by atoms with Crippen molar-refractivity contribution in [2.24, 2.45) is 0 Å². The van der Waals surface area contributed by atoms with Crippen LogP contribution in [0.2, 0.25) is 0 Å². The van der Waals surface area contributed by atoms with Crippen LogP contribution in [0.25, 0.3) is 0 Å². The highest BCUT2D eigenvalue weighted by atomic mass is 32.2. The Morgan fingerprint density at radius 3 is 2.91 bits per heavy atom. The second-order valence-corrected chi connectivity index (χ2v) is 5.73. The molecule has 0 aliphatic carbocycles. The summed E-state index contributed by atoms with van der Waals surface area (Å²) in [6.45, 7) is 3.56. The van der Waals surface area contributed by atoms with Crippen molar-refractivity contribution >= 4 is 29.1 Å². The van der Waals surface area contributed by atoms with Crippen LogP contribution >= 0.6 is 11.8 Å². The molecule has 2 aromatic rings. The number of rotatable bonds is 7. The van der Waals surface area contributed by atoms with E-state index in [0.29, 0.717) is 16.4 Å². The molecule has 116 valence electrons. The van der Waals surface area contributed by atoms with Gasteiger partial charge in [0.15, 0.2) is 5.78 Å². The highest BCUT2D eigenvalue weighted by Gasteiger charge is 2.08. The van der Waals surface area contributed by atoms with Gasteiger partial charge in [-0.3, -0.25) is 14.7 Å². The number of hydrogen-bond acceptors (Lipinski definition) is 5. The summed E-state index contributed by atoms with van der Waals surface area (Å²) in [5, 5.41) is 10.2. The molecule has 2 N–H and O–H groups in total. The van der Waals surface area contributed by atoms with Crippen molar-refractivity contribution < 1.29 is 9.59 Å². The predicted molar refractivity (Wildman–Crippen MR) is 86.2 cm³/mol. The summed E-state index contributed by atoms with van der Waals surface area (Å²) in [7, 11) is 0. The monoisotopic (exact) mass is 318 g/mol. The fraction of sp³-hybridized carbons (Fsp3) is 0.333. The Bertz CT molecular complexity index is 669. The molecule has 0 saturated carbocycles. The van der Waals surface area contributed by atoms with Gasteiger partial charge in [0.2, 0.25) is 11.1 Å². The first-order chi connectivity index (χ1) is 10.6. The lowest BCUT2D eigenvalue weighted by molar-refractivity contribution is -0.113. The summed E-state index contributed by atoms with van der Waals surface area (Å²) in [4.78, 5) is 27.5. The summed E-state index contributed by atoms with van der Waals surface area (Å²) in [5.74, 6) is 0.857. The average Bonchev–Trinajstić information content (AvgIpc) is 2.93. The minimum Gasteiger partial charge on any atom is -0.325 e. The number of carbonyl (C=O) groups is 2. The third kappa shape index (κ3) is 4.70. The first-order valence-corrected chi connectivity index (χ1v) is 8.02. The van der Waals surface area contributed by atoms with Gasteiger partial charge in [-0.25, -0.2) is 4.98 Å². The number of thioether (sulfide) groups is 1. The van der Waals surface area contributed by atoms with E-state index in [1.807, 2.05) is 0 Å². The SMILES string of the molecule is CCCc1nc(SCC(=O)Nc2cccc(C(C)=O)c2)n[nH]1. The Balaban J connectivity index is 1.87.